The maximum atomic E-state index is 13.2. The van der Waals surface area contributed by atoms with Gasteiger partial charge in [-0.05, 0) is 12.5 Å². The zero-order chi connectivity index (χ0) is 12.8. The summed E-state index contributed by atoms with van der Waals surface area (Å²) in [6, 6.07) is 2.42. The summed E-state index contributed by atoms with van der Waals surface area (Å²) in [6.45, 7) is 1.70. The molecule has 0 aliphatic rings. The van der Waals surface area contributed by atoms with E-state index in [2.05, 4.69) is 4.98 Å². The van der Waals surface area contributed by atoms with Crippen LogP contribution >= 0.6 is 0 Å². The second-order valence-corrected chi connectivity index (χ2v) is 3.48. The largest absolute Gasteiger partial charge is 0.470 e. The molecule has 1 rings (SSSR count). The number of hydrogen-bond acceptors (Lipinski definition) is 5. The molecular formula is C11H14FNO4. The van der Waals surface area contributed by atoms with Gasteiger partial charge < -0.3 is 14.9 Å². The fraction of sp³-hybridized carbons (Fsp3) is 0.455. The minimum atomic E-state index is -1.92. The van der Waals surface area contributed by atoms with E-state index in [1.807, 2.05) is 6.92 Å². The van der Waals surface area contributed by atoms with Crippen molar-refractivity contribution in [1.29, 1.82) is 0 Å². The quantitative estimate of drug-likeness (QED) is 0.574. The Balaban J connectivity index is 2.62. The molecule has 0 radical (unpaired) electrons. The van der Waals surface area contributed by atoms with Crippen LogP contribution in [0.5, 0.6) is 5.88 Å². The average molecular weight is 243 g/mol. The lowest BCUT2D eigenvalue weighted by Crippen LogP contribution is -2.12. The highest BCUT2D eigenvalue weighted by Crippen LogP contribution is 2.16. The molecular weight excluding hydrogens is 229 g/mol. The van der Waals surface area contributed by atoms with Crippen molar-refractivity contribution in [2.45, 2.75) is 26.1 Å². The molecule has 17 heavy (non-hydrogen) atoms. The average Bonchev–Trinajstić information content (AvgIpc) is 2.26. The van der Waals surface area contributed by atoms with Crippen LogP contribution in [0.25, 0.3) is 0 Å². The van der Waals surface area contributed by atoms with Crippen molar-refractivity contribution < 1.29 is 24.1 Å². The van der Waals surface area contributed by atoms with Crippen LogP contribution in [0.4, 0.5) is 4.39 Å². The van der Waals surface area contributed by atoms with Gasteiger partial charge >= 0.3 is 0 Å². The van der Waals surface area contributed by atoms with Gasteiger partial charge in [-0.2, -0.15) is 9.37 Å². The second-order valence-electron chi connectivity index (χ2n) is 3.48. The van der Waals surface area contributed by atoms with Crippen LogP contribution in [0.2, 0.25) is 0 Å². The minimum Gasteiger partial charge on any atom is -0.470 e. The van der Waals surface area contributed by atoms with Crippen molar-refractivity contribution in [3.05, 3.63) is 23.6 Å². The Bertz CT molecular complexity index is 395. The number of hydrogen-bond donors (Lipinski definition) is 2. The van der Waals surface area contributed by atoms with E-state index in [-0.39, 0.29) is 23.8 Å². The Hall–Kier alpha value is -1.53. The second kappa shape index (κ2) is 6.27. The molecule has 0 bridgehead atoms. The Morgan fingerprint density at radius 2 is 2.24 bits per heavy atom. The standard InChI is InChI=1S/C11H14FNO4/c1-2-3-7(14)6-17-9-5-4-8(11(15)16)10(12)13-9/h4-5,11,15-16H,2-3,6H2,1H3. The molecule has 94 valence electrons. The molecule has 0 aromatic carbocycles. The van der Waals surface area contributed by atoms with Crippen molar-refractivity contribution in [2.75, 3.05) is 6.61 Å². The lowest BCUT2D eigenvalue weighted by Gasteiger charge is -2.07. The highest BCUT2D eigenvalue weighted by atomic mass is 19.1. The lowest BCUT2D eigenvalue weighted by molar-refractivity contribution is -0.121. The van der Waals surface area contributed by atoms with Gasteiger partial charge in [0.2, 0.25) is 11.8 Å². The topological polar surface area (TPSA) is 79.7 Å². The highest BCUT2D eigenvalue weighted by molar-refractivity contribution is 5.79. The molecule has 1 aromatic heterocycles. The van der Waals surface area contributed by atoms with Gasteiger partial charge in [0.25, 0.3) is 0 Å². The summed E-state index contributed by atoms with van der Waals surface area (Å²) in [5, 5.41) is 17.5. The summed E-state index contributed by atoms with van der Waals surface area (Å²) in [7, 11) is 0. The fourth-order valence-corrected chi connectivity index (χ4v) is 1.21. The number of aliphatic hydroxyl groups excluding tert-OH is 1. The SMILES string of the molecule is CCCC(=O)COc1ccc(C(O)O)c(F)n1. The first-order valence-electron chi connectivity index (χ1n) is 5.21. The minimum absolute atomic E-state index is 0.0589. The normalized spacial score (nSPS) is 10.6. The van der Waals surface area contributed by atoms with Gasteiger partial charge in [-0.15, -0.1) is 0 Å². The maximum absolute atomic E-state index is 13.2. The molecule has 0 spiro atoms. The smallest absolute Gasteiger partial charge is 0.224 e. The van der Waals surface area contributed by atoms with E-state index in [0.717, 1.165) is 12.5 Å². The third kappa shape index (κ3) is 4.08. The van der Waals surface area contributed by atoms with Crippen molar-refractivity contribution in [2.24, 2.45) is 0 Å². The molecule has 0 saturated carbocycles. The molecule has 0 fully saturated rings. The number of halogens is 1. The van der Waals surface area contributed by atoms with Gasteiger partial charge in [0.05, 0.1) is 5.56 Å². The predicted octanol–water partition coefficient (Wildman–Crippen LogP) is 0.952. The van der Waals surface area contributed by atoms with Crippen LogP contribution in [0.3, 0.4) is 0 Å². The summed E-state index contributed by atoms with van der Waals surface area (Å²) in [5.41, 5.74) is -0.336. The van der Waals surface area contributed by atoms with Crippen LogP contribution in [0, 0.1) is 5.95 Å². The number of ether oxygens (including phenoxy) is 1. The van der Waals surface area contributed by atoms with Crippen LogP contribution in [-0.2, 0) is 4.79 Å². The van der Waals surface area contributed by atoms with E-state index in [4.69, 9.17) is 14.9 Å². The van der Waals surface area contributed by atoms with Crippen LogP contribution in [-0.4, -0.2) is 27.6 Å². The summed E-state index contributed by atoms with van der Waals surface area (Å²) < 4.78 is 18.1. The first-order chi connectivity index (χ1) is 8.04. The zero-order valence-corrected chi connectivity index (χ0v) is 9.39. The Morgan fingerprint density at radius 3 is 2.76 bits per heavy atom. The van der Waals surface area contributed by atoms with E-state index in [0.29, 0.717) is 6.42 Å². The molecule has 5 nitrogen and oxygen atoms in total. The van der Waals surface area contributed by atoms with Crippen LogP contribution < -0.4 is 4.74 Å². The number of Topliss-reactive ketones (excluding diaryl/α,β-unsaturated/α-hetero) is 1. The fourth-order valence-electron chi connectivity index (χ4n) is 1.21. The van der Waals surface area contributed by atoms with Crippen molar-refractivity contribution >= 4 is 5.78 Å². The summed E-state index contributed by atoms with van der Waals surface area (Å²) >= 11 is 0. The van der Waals surface area contributed by atoms with E-state index in [1.165, 1.54) is 6.07 Å². The first-order valence-corrected chi connectivity index (χ1v) is 5.21. The number of carbonyl (C=O) groups is 1. The number of nitrogens with zero attached hydrogens (tertiary/aromatic N) is 1. The number of carbonyl (C=O) groups excluding carboxylic acids is 1. The van der Waals surface area contributed by atoms with E-state index >= 15 is 0 Å². The van der Waals surface area contributed by atoms with Gasteiger partial charge in [0, 0.05) is 12.5 Å². The van der Waals surface area contributed by atoms with E-state index in [9.17, 15) is 9.18 Å². The monoisotopic (exact) mass is 243 g/mol. The van der Waals surface area contributed by atoms with Gasteiger partial charge in [0.15, 0.2) is 12.1 Å². The number of aromatic nitrogens is 1. The van der Waals surface area contributed by atoms with Gasteiger partial charge in [-0.3, -0.25) is 4.79 Å². The number of aliphatic hydroxyl groups is 2. The molecule has 0 unspecified atom stereocenters. The Labute approximate surface area is 97.9 Å². The molecule has 1 aromatic rings. The van der Waals surface area contributed by atoms with Gasteiger partial charge in [-0.25, -0.2) is 0 Å². The zero-order valence-electron chi connectivity index (χ0n) is 9.39. The third-order valence-electron chi connectivity index (χ3n) is 2.04. The lowest BCUT2D eigenvalue weighted by atomic mass is 10.2. The molecule has 0 atom stereocenters. The molecule has 0 saturated heterocycles. The van der Waals surface area contributed by atoms with Crippen molar-refractivity contribution in [3.8, 4) is 5.88 Å². The Morgan fingerprint density at radius 1 is 1.53 bits per heavy atom. The summed E-state index contributed by atoms with van der Waals surface area (Å²) in [6.07, 6.45) is -0.798. The number of pyridine rings is 1. The molecule has 2 N–H and O–H groups in total. The Kier molecular flexibility index (Phi) is 4.99. The molecule has 6 heteroatoms. The predicted molar refractivity (Wildman–Crippen MR) is 56.8 cm³/mol. The molecule has 1 heterocycles. The third-order valence-corrected chi connectivity index (χ3v) is 2.04. The van der Waals surface area contributed by atoms with Gasteiger partial charge in [0.1, 0.15) is 6.61 Å². The number of ketones is 1. The molecule has 0 amide bonds. The van der Waals surface area contributed by atoms with Gasteiger partial charge in [-0.1, -0.05) is 6.92 Å². The molecule has 0 aliphatic carbocycles. The van der Waals surface area contributed by atoms with Crippen LogP contribution in [0.15, 0.2) is 12.1 Å². The van der Waals surface area contributed by atoms with Crippen molar-refractivity contribution in [1.82, 2.24) is 4.98 Å². The summed E-state index contributed by atoms with van der Waals surface area (Å²) in [4.78, 5) is 14.5. The number of rotatable bonds is 6. The highest BCUT2D eigenvalue weighted by Gasteiger charge is 2.12. The van der Waals surface area contributed by atoms with Crippen molar-refractivity contribution in [3.63, 3.8) is 0 Å². The first kappa shape index (κ1) is 13.5. The molecule has 0 aliphatic heterocycles. The maximum Gasteiger partial charge on any atom is 0.224 e. The van der Waals surface area contributed by atoms with Crippen LogP contribution in [0.1, 0.15) is 31.6 Å². The summed E-state index contributed by atoms with van der Waals surface area (Å²) in [5.74, 6) is -1.18. The van der Waals surface area contributed by atoms with E-state index in [1.54, 1.807) is 0 Å². The van der Waals surface area contributed by atoms with E-state index < -0.39 is 12.2 Å².